The van der Waals surface area contributed by atoms with Crippen molar-refractivity contribution in [2.24, 2.45) is 0 Å². The summed E-state index contributed by atoms with van der Waals surface area (Å²) in [5.74, 6) is 0.755. The molecule has 1 amide bonds. The van der Waals surface area contributed by atoms with Crippen LogP contribution in [0.25, 0.3) is 5.65 Å². The second kappa shape index (κ2) is 4.34. The van der Waals surface area contributed by atoms with Gasteiger partial charge in [0.2, 0.25) is 5.91 Å². The Kier molecular flexibility index (Phi) is 2.67. The SMILES string of the molecule is Cc1cc2nnc(CC3NCCNC3=O)n2cn1. The minimum absolute atomic E-state index is 0.0121. The molecule has 0 radical (unpaired) electrons. The molecule has 0 aliphatic carbocycles. The molecule has 2 aromatic heterocycles. The predicted molar refractivity (Wildman–Crippen MR) is 64.0 cm³/mol. The predicted octanol–water partition coefficient (Wildman–Crippen LogP) is -0.937. The molecule has 7 nitrogen and oxygen atoms in total. The van der Waals surface area contributed by atoms with Gasteiger partial charge < -0.3 is 10.6 Å². The van der Waals surface area contributed by atoms with Gasteiger partial charge in [-0.1, -0.05) is 0 Å². The van der Waals surface area contributed by atoms with E-state index in [4.69, 9.17) is 0 Å². The number of nitrogens with one attached hydrogen (secondary N) is 2. The summed E-state index contributed by atoms with van der Waals surface area (Å²) in [6, 6.07) is 1.62. The Morgan fingerprint density at radius 3 is 3.17 bits per heavy atom. The third-order valence-corrected chi connectivity index (χ3v) is 3.03. The fourth-order valence-electron chi connectivity index (χ4n) is 2.07. The summed E-state index contributed by atoms with van der Waals surface area (Å²) in [5, 5.41) is 14.2. The maximum atomic E-state index is 11.7. The second-order valence-corrected chi connectivity index (χ2v) is 4.38. The van der Waals surface area contributed by atoms with Crippen LogP contribution in [-0.4, -0.2) is 44.6 Å². The Morgan fingerprint density at radius 1 is 1.44 bits per heavy atom. The molecule has 3 rings (SSSR count). The summed E-state index contributed by atoms with van der Waals surface area (Å²) in [6.45, 7) is 3.37. The zero-order valence-corrected chi connectivity index (χ0v) is 10.1. The quantitative estimate of drug-likeness (QED) is 0.714. The first-order valence-electron chi connectivity index (χ1n) is 5.91. The Morgan fingerprint density at radius 2 is 2.33 bits per heavy atom. The fourth-order valence-corrected chi connectivity index (χ4v) is 2.07. The normalized spacial score (nSPS) is 20.1. The van der Waals surface area contributed by atoms with Crippen molar-refractivity contribution in [2.45, 2.75) is 19.4 Å². The molecule has 0 spiro atoms. The van der Waals surface area contributed by atoms with Crippen LogP contribution >= 0.6 is 0 Å². The van der Waals surface area contributed by atoms with Crippen molar-refractivity contribution < 1.29 is 4.79 Å². The summed E-state index contributed by atoms with van der Waals surface area (Å²) in [6.07, 6.45) is 2.21. The number of rotatable bonds is 2. The van der Waals surface area contributed by atoms with E-state index in [-0.39, 0.29) is 11.9 Å². The molecule has 0 aromatic carbocycles. The van der Waals surface area contributed by atoms with Gasteiger partial charge in [0.15, 0.2) is 5.65 Å². The van der Waals surface area contributed by atoms with Crippen molar-refractivity contribution in [3.05, 3.63) is 23.9 Å². The summed E-state index contributed by atoms with van der Waals surface area (Å²) >= 11 is 0. The van der Waals surface area contributed by atoms with Gasteiger partial charge in [0.05, 0.1) is 6.04 Å². The largest absolute Gasteiger partial charge is 0.353 e. The van der Waals surface area contributed by atoms with E-state index in [0.717, 1.165) is 23.7 Å². The van der Waals surface area contributed by atoms with Crippen LogP contribution in [0.2, 0.25) is 0 Å². The van der Waals surface area contributed by atoms with Gasteiger partial charge in [-0.15, -0.1) is 10.2 Å². The van der Waals surface area contributed by atoms with Gasteiger partial charge in [-0.2, -0.15) is 0 Å². The van der Waals surface area contributed by atoms with Crippen LogP contribution in [0.5, 0.6) is 0 Å². The molecule has 0 bridgehead atoms. The Bertz CT molecular complexity index is 592. The van der Waals surface area contributed by atoms with Gasteiger partial charge in [-0.3, -0.25) is 9.20 Å². The topological polar surface area (TPSA) is 84.2 Å². The number of aromatic nitrogens is 4. The molecule has 18 heavy (non-hydrogen) atoms. The van der Waals surface area contributed by atoms with Gasteiger partial charge in [0.25, 0.3) is 0 Å². The van der Waals surface area contributed by atoms with E-state index in [2.05, 4.69) is 25.8 Å². The molecule has 1 atom stereocenters. The Balaban J connectivity index is 1.88. The van der Waals surface area contributed by atoms with Crippen LogP contribution in [0.1, 0.15) is 11.5 Å². The number of fused-ring (bicyclic) bond motifs is 1. The smallest absolute Gasteiger partial charge is 0.237 e. The molecular formula is C11H14N6O. The second-order valence-electron chi connectivity index (χ2n) is 4.38. The molecule has 1 aliphatic heterocycles. The number of carbonyl (C=O) groups excluding carboxylic acids is 1. The van der Waals surface area contributed by atoms with Crippen molar-refractivity contribution in [3.63, 3.8) is 0 Å². The first-order chi connectivity index (χ1) is 8.74. The van der Waals surface area contributed by atoms with Crippen LogP contribution in [0.3, 0.4) is 0 Å². The molecular weight excluding hydrogens is 232 g/mol. The van der Waals surface area contributed by atoms with Gasteiger partial charge in [-0.05, 0) is 6.92 Å². The van der Waals surface area contributed by atoms with Crippen LogP contribution in [0.4, 0.5) is 0 Å². The summed E-state index contributed by atoms with van der Waals surface area (Å²) < 4.78 is 1.82. The number of hydrogen-bond acceptors (Lipinski definition) is 5. The average molecular weight is 246 g/mol. The van der Waals surface area contributed by atoms with E-state index in [1.54, 1.807) is 6.33 Å². The standard InChI is InChI=1S/C11H14N6O/c1-7-4-9-15-16-10(17(9)6-14-7)5-8-11(18)13-3-2-12-8/h4,6,8,12H,2-3,5H2,1H3,(H,13,18). The lowest BCUT2D eigenvalue weighted by molar-refractivity contribution is -0.124. The fraction of sp³-hybridized carbons (Fsp3) is 0.455. The van der Waals surface area contributed by atoms with Gasteiger partial charge in [0.1, 0.15) is 12.2 Å². The number of nitrogens with zero attached hydrogens (tertiary/aromatic N) is 4. The summed E-state index contributed by atoms with van der Waals surface area (Å²) in [7, 11) is 0. The lowest BCUT2D eigenvalue weighted by atomic mass is 10.1. The molecule has 1 saturated heterocycles. The number of hydrogen-bond donors (Lipinski definition) is 2. The van der Waals surface area contributed by atoms with Crippen molar-refractivity contribution in [1.29, 1.82) is 0 Å². The maximum Gasteiger partial charge on any atom is 0.237 e. The van der Waals surface area contributed by atoms with Crippen LogP contribution in [-0.2, 0) is 11.2 Å². The zero-order chi connectivity index (χ0) is 12.5. The van der Waals surface area contributed by atoms with Crippen LogP contribution < -0.4 is 10.6 Å². The highest BCUT2D eigenvalue weighted by Crippen LogP contribution is 2.07. The summed E-state index contributed by atoms with van der Waals surface area (Å²) in [4.78, 5) is 15.9. The Hall–Kier alpha value is -2.02. The molecule has 2 N–H and O–H groups in total. The zero-order valence-electron chi connectivity index (χ0n) is 10.1. The molecule has 1 fully saturated rings. The van der Waals surface area contributed by atoms with E-state index in [1.807, 2.05) is 17.4 Å². The maximum absolute atomic E-state index is 11.7. The first-order valence-corrected chi connectivity index (χ1v) is 5.91. The molecule has 94 valence electrons. The van der Waals surface area contributed by atoms with E-state index in [1.165, 1.54) is 0 Å². The number of amides is 1. The molecule has 1 unspecified atom stereocenters. The lowest BCUT2D eigenvalue weighted by Gasteiger charge is -2.22. The number of carbonyl (C=O) groups is 1. The monoisotopic (exact) mass is 246 g/mol. The molecule has 1 aliphatic rings. The van der Waals surface area contributed by atoms with Crippen LogP contribution in [0.15, 0.2) is 12.4 Å². The van der Waals surface area contributed by atoms with Crippen LogP contribution in [0, 0.1) is 6.92 Å². The molecule has 2 aromatic rings. The lowest BCUT2D eigenvalue weighted by Crippen LogP contribution is -2.53. The first kappa shape index (κ1) is 11.1. The third kappa shape index (κ3) is 1.92. The van der Waals surface area contributed by atoms with Gasteiger partial charge in [-0.25, -0.2) is 4.98 Å². The minimum atomic E-state index is -0.243. The van der Waals surface area contributed by atoms with E-state index < -0.39 is 0 Å². The van der Waals surface area contributed by atoms with Crippen molar-refractivity contribution in [2.75, 3.05) is 13.1 Å². The number of piperazine rings is 1. The Labute approximate surface area is 104 Å². The minimum Gasteiger partial charge on any atom is -0.353 e. The summed E-state index contributed by atoms with van der Waals surface area (Å²) in [5.41, 5.74) is 1.66. The van der Waals surface area contributed by atoms with Gasteiger partial charge >= 0.3 is 0 Å². The molecule has 3 heterocycles. The number of aryl methyl sites for hydroxylation is 1. The average Bonchev–Trinajstić information content (AvgIpc) is 2.74. The van der Waals surface area contributed by atoms with Crippen molar-refractivity contribution in [3.8, 4) is 0 Å². The van der Waals surface area contributed by atoms with Crippen molar-refractivity contribution in [1.82, 2.24) is 30.2 Å². The third-order valence-electron chi connectivity index (χ3n) is 3.03. The highest BCUT2D eigenvalue weighted by Gasteiger charge is 2.23. The highest BCUT2D eigenvalue weighted by molar-refractivity contribution is 5.82. The van der Waals surface area contributed by atoms with Crippen molar-refractivity contribution >= 4 is 11.6 Å². The van der Waals surface area contributed by atoms with E-state index in [9.17, 15) is 4.79 Å². The van der Waals surface area contributed by atoms with Gasteiger partial charge in [0, 0.05) is 31.3 Å². The molecule has 0 saturated carbocycles. The van der Waals surface area contributed by atoms with E-state index in [0.29, 0.717) is 13.0 Å². The highest BCUT2D eigenvalue weighted by atomic mass is 16.2. The molecule has 7 heteroatoms. The van der Waals surface area contributed by atoms with E-state index >= 15 is 0 Å².